The Morgan fingerprint density at radius 3 is 3.00 bits per heavy atom. The van der Waals surface area contributed by atoms with Crippen LogP contribution in [0.25, 0.3) is 0 Å². The van der Waals surface area contributed by atoms with E-state index in [1.54, 1.807) is 0 Å². The summed E-state index contributed by atoms with van der Waals surface area (Å²) in [5.41, 5.74) is 0. The van der Waals surface area contributed by atoms with Gasteiger partial charge in [0.15, 0.2) is 0 Å². The molecule has 1 rings (SSSR count). The molecule has 0 amide bonds. The predicted octanol–water partition coefficient (Wildman–Crippen LogP) is 0.417. The number of nitrogens with zero attached hydrogens (tertiary/aromatic N) is 2. The van der Waals surface area contributed by atoms with E-state index in [0.29, 0.717) is 5.89 Å². The van der Waals surface area contributed by atoms with Crippen LogP contribution in [0.15, 0.2) is 10.8 Å². The lowest BCUT2D eigenvalue weighted by Crippen LogP contribution is -1.73. The van der Waals surface area contributed by atoms with Crippen LogP contribution in [0.1, 0.15) is 5.89 Å². The van der Waals surface area contributed by atoms with Crippen molar-refractivity contribution in [2.45, 2.75) is 0 Å². The van der Waals surface area contributed by atoms with Crippen LogP contribution < -0.4 is 0 Å². The summed E-state index contributed by atoms with van der Waals surface area (Å²) in [7, 11) is 0. The molecule has 0 bridgehead atoms. The Bertz CT molecular complexity index is 148. The van der Waals surface area contributed by atoms with Crippen molar-refractivity contribution in [1.82, 2.24) is 10.2 Å². The van der Waals surface area contributed by atoms with E-state index in [0.717, 1.165) is 0 Å². The first-order chi connectivity index (χ1) is 3.43. The molecule has 0 saturated heterocycles. The number of hydrogen-bond acceptors (Lipinski definition) is 4. The molecule has 0 aliphatic carbocycles. The zero-order chi connectivity index (χ0) is 5.11. The van der Waals surface area contributed by atoms with Crippen molar-refractivity contribution in [2.24, 2.45) is 0 Å². The van der Waals surface area contributed by atoms with E-state index in [2.05, 4.69) is 26.8 Å². The highest BCUT2D eigenvalue weighted by molar-refractivity contribution is 7.79. The Morgan fingerprint density at radius 2 is 2.71 bits per heavy atom. The summed E-state index contributed by atoms with van der Waals surface area (Å²) >= 11 is 4.45. The molecule has 0 spiro atoms. The van der Waals surface area contributed by atoms with Crippen LogP contribution in [0, 0.1) is 0 Å². The first-order valence-electron chi connectivity index (χ1n) is 1.65. The lowest BCUT2D eigenvalue weighted by molar-refractivity contribution is 0.547. The minimum Gasteiger partial charge on any atom is -0.423 e. The summed E-state index contributed by atoms with van der Waals surface area (Å²) in [6.07, 6.45) is 1.23. The van der Waals surface area contributed by atoms with Crippen molar-refractivity contribution >= 4 is 17.6 Å². The molecular weight excluding hydrogens is 112 g/mol. The Hall–Kier alpha value is -0.770. The van der Waals surface area contributed by atoms with E-state index < -0.39 is 0 Å². The first-order valence-corrected chi connectivity index (χ1v) is 2.12. The highest BCUT2D eigenvalue weighted by Crippen LogP contribution is 1.82. The number of thiocarbonyl (C=S) groups is 1. The zero-order valence-electron chi connectivity index (χ0n) is 3.37. The summed E-state index contributed by atoms with van der Waals surface area (Å²) in [5, 5.41) is 8.16. The highest BCUT2D eigenvalue weighted by atomic mass is 32.1. The molecule has 0 unspecified atom stereocenters. The predicted molar refractivity (Wildman–Crippen MR) is 27.1 cm³/mol. The van der Waals surface area contributed by atoms with Gasteiger partial charge in [0.1, 0.15) is 0 Å². The van der Waals surface area contributed by atoms with Crippen molar-refractivity contribution in [1.29, 1.82) is 0 Å². The van der Waals surface area contributed by atoms with Crippen molar-refractivity contribution in [3.05, 3.63) is 12.3 Å². The maximum Gasteiger partial charge on any atom is 0.250 e. The lowest BCUT2D eigenvalue weighted by Gasteiger charge is -1.66. The van der Waals surface area contributed by atoms with Gasteiger partial charge < -0.3 is 4.42 Å². The van der Waals surface area contributed by atoms with Gasteiger partial charge in [0, 0.05) is 0 Å². The van der Waals surface area contributed by atoms with Crippen molar-refractivity contribution in [3.8, 4) is 0 Å². The lowest BCUT2D eigenvalue weighted by atomic mass is 10.8. The Morgan fingerprint density at radius 1 is 1.86 bits per heavy atom. The van der Waals surface area contributed by atoms with Gasteiger partial charge in [0.25, 0.3) is 5.89 Å². The molecule has 0 atom stereocenters. The molecule has 0 radical (unpaired) electrons. The van der Waals surface area contributed by atoms with Crippen LogP contribution in [0.2, 0.25) is 0 Å². The summed E-state index contributed by atoms with van der Waals surface area (Å²) < 4.78 is 4.60. The van der Waals surface area contributed by atoms with Gasteiger partial charge in [-0.1, -0.05) is 12.2 Å². The molecule has 0 aromatic carbocycles. The maximum absolute atomic E-state index is 4.60. The van der Waals surface area contributed by atoms with Crippen LogP contribution in [0.4, 0.5) is 0 Å². The first kappa shape index (κ1) is 4.39. The number of rotatable bonds is 1. The second kappa shape index (κ2) is 1.79. The largest absolute Gasteiger partial charge is 0.423 e. The van der Waals surface area contributed by atoms with Gasteiger partial charge in [0.05, 0.1) is 5.37 Å². The maximum atomic E-state index is 4.60. The zero-order valence-corrected chi connectivity index (χ0v) is 4.18. The van der Waals surface area contributed by atoms with E-state index in [1.807, 2.05) is 0 Å². The molecule has 7 heavy (non-hydrogen) atoms. The van der Waals surface area contributed by atoms with Crippen molar-refractivity contribution in [3.63, 3.8) is 0 Å². The summed E-state index contributed by atoms with van der Waals surface area (Å²) in [5.74, 6) is 0.384. The fourth-order valence-electron chi connectivity index (χ4n) is 0.233. The minimum absolute atomic E-state index is 0.384. The number of aromatic nitrogens is 2. The summed E-state index contributed by atoms with van der Waals surface area (Å²) in [6.45, 7) is 0. The number of hydrogen-bond donors (Lipinski definition) is 0. The highest BCUT2D eigenvalue weighted by Gasteiger charge is 1.85. The van der Waals surface area contributed by atoms with E-state index in [-0.39, 0.29) is 0 Å². The molecule has 0 aliphatic rings. The van der Waals surface area contributed by atoms with Gasteiger partial charge in [0.2, 0.25) is 6.39 Å². The molecule has 0 saturated carbocycles. The normalized spacial score (nSPS) is 8.57. The monoisotopic (exact) mass is 114 g/mol. The topological polar surface area (TPSA) is 38.9 Å². The van der Waals surface area contributed by atoms with Gasteiger partial charge >= 0.3 is 0 Å². The molecule has 4 heteroatoms. The standard InChI is InChI=1S/C3H2N2OS/c7-1-3-5-4-2-6-3/h1-2H. The van der Waals surface area contributed by atoms with Crippen LogP contribution in [0.5, 0.6) is 0 Å². The molecule has 0 N–H and O–H groups in total. The van der Waals surface area contributed by atoms with Crippen molar-refractivity contribution < 1.29 is 4.42 Å². The molecular formula is C3H2N2OS. The quantitative estimate of drug-likeness (QED) is 0.496. The fourth-order valence-corrected chi connectivity index (χ4v) is 0.336. The van der Waals surface area contributed by atoms with Gasteiger partial charge in [-0.3, -0.25) is 0 Å². The fraction of sp³-hybridized carbons (Fsp3) is 0. The minimum atomic E-state index is 0.384. The van der Waals surface area contributed by atoms with E-state index in [1.165, 1.54) is 11.8 Å². The second-order valence-electron chi connectivity index (χ2n) is 0.895. The van der Waals surface area contributed by atoms with Gasteiger partial charge in [-0.15, -0.1) is 10.2 Å². The Balaban J connectivity index is 2.96. The van der Waals surface area contributed by atoms with Crippen molar-refractivity contribution in [2.75, 3.05) is 0 Å². The third kappa shape index (κ3) is 0.806. The molecule has 1 heterocycles. The third-order valence-electron chi connectivity index (χ3n) is 0.478. The van der Waals surface area contributed by atoms with Gasteiger partial charge in [-0.05, 0) is 0 Å². The summed E-state index contributed by atoms with van der Waals surface area (Å²) in [4.78, 5) is 0. The SMILES string of the molecule is S=Cc1nnco1. The van der Waals surface area contributed by atoms with E-state index in [9.17, 15) is 0 Å². The molecule has 0 aliphatic heterocycles. The van der Waals surface area contributed by atoms with Gasteiger partial charge in [-0.25, -0.2) is 0 Å². The summed E-state index contributed by atoms with van der Waals surface area (Å²) in [6, 6.07) is 0. The van der Waals surface area contributed by atoms with Gasteiger partial charge in [-0.2, -0.15) is 0 Å². The third-order valence-corrected chi connectivity index (χ3v) is 0.679. The Labute approximate surface area is 45.4 Å². The van der Waals surface area contributed by atoms with Crippen LogP contribution in [0.3, 0.4) is 0 Å². The molecule has 1 aromatic heterocycles. The van der Waals surface area contributed by atoms with Crippen LogP contribution in [-0.2, 0) is 0 Å². The second-order valence-corrected chi connectivity index (χ2v) is 1.13. The smallest absolute Gasteiger partial charge is 0.250 e. The Kier molecular flexibility index (Phi) is 1.12. The average Bonchev–Trinajstić information content (AvgIpc) is 2.14. The molecule has 1 aromatic rings. The molecule has 3 nitrogen and oxygen atoms in total. The van der Waals surface area contributed by atoms with E-state index in [4.69, 9.17) is 0 Å². The average molecular weight is 114 g/mol. The molecule has 36 valence electrons. The van der Waals surface area contributed by atoms with E-state index >= 15 is 0 Å². The molecule has 0 fully saturated rings. The van der Waals surface area contributed by atoms with Crippen LogP contribution >= 0.6 is 12.2 Å². The van der Waals surface area contributed by atoms with Crippen LogP contribution in [-0.4, -0.2) is 15.6 Å².